The van der Waals surface area contributed by atoms with Gasteiger partial charge in [0, 0.05) is 24.6 Å². The second-order valence-corrected chi connectivity index (χ2v) is 7.94. The molecule has 5 nitrogen and oxygen atoms in total. The van der Waals surface area contributed by atoms with E-state index >= 15 is 0 Å². The van der Waals surface area contributed by atoms with Crippen LogP contribution in [0.1, 0.15) is 51.8 Å². The zero-order valence-electron chi connectivity index (χ0n) is 15.6. The van der Waals surface area contributed by atoms with Crippen molar-refractivity contribution < 1.29 is 9.32 Å². The normalized spacial score (nSPS) is 26.1. The summed E-state index contributed by atoms with van der Waals surface area (Å²) in [4.78, 5) is 19.6. The number of carbonyl (C=O) groups is 1. The monoisotopic (exact) mass is 353 g/mol. The van der Waals surface area contributed by atoms with Crippen molar-refractivity contribution in [1.82, 2.24) is 15.0 Å². The van der Waals surface area contributed by atoms with Crippen molar-refractivity contribution in [3.8, 4) is 11.4 Å². The van der Waals surface area contributed by atoms with Gasteiger partial charge in [-0.1, -0.05) is 62.2 Å². The molecule has 4 rings (SSSR count). The standard InChI is InChI=1S/C21H27N3O2/c1-3-8-15(2)19(25)24-13-17-11-7-12-21(17,14-24)20-22-18(23-26-20)16-9-5-4-6-10-16/h4-6,9-10,15,17H,3,7-8,11-14H2,1-2H3/t15-,17-,21-/m1/s1. The highest BCUT2D eigenvalue weighted by Crippen LogP contribution is 2.50. The molecule has 1 aromatic carbocycles. The largest absolute Gasteiger partial charge is 0.341 e. The highest BCUT2D eigenvalue weighted by molar-refractivity contribution is 5.79. The summed E-state index contributed by atoms with van der Waals surface area (Å²) in [5.41, 5.74) is 0.817. The zero-order chi connectivity index (χ0) is 18.1. The van der Waals surface area contributed by atoms with Gasteiger partial charge in [-0.05, 0) is 25.2 Å². The summed E-state index contributed by atoms with van der Waals surface area (Å²) in [7, 11) is 0. The van der Waals surface area contributed by atoms with E-state index < -0.39 is 0 Å². The highest BCUT2D eigenvalue weighted by atomic mass is 16.5. The topological polar surface area (TPSA) is 59.2 Å². The van der Waals surface area contributed by atoms with Crippen molar-refractivity contribution in [2.24, 2.45) is 11.8 Å². The van der Waals surface area contributed by atoms with Crippen molar-refractivity contribution >= 4 is 5.91 Å². The molecule has 2 aromatic rings. The number of amides is 1. The van der Waals surface area contributed by atoms with E-state index in [-0.39, 0.29) is 17.2 Å². The Hall–Kier alpha value is -2.17. The molecule has 26 heavy (non-hydrogen) atoms. The third kappa shape index (κ3) is 2.83. The average Bonchev–Trinajstić information content (AvgIpc) is 3.35. The zero-order valence-corrected chi connectivity index (χ0v) is 15.6. The van der Waals surface area contributed by atoms with Crippen LogP contribution in [0.5, 0.6) is 0 Å². The summed E-state index contributed by atoms with van der Waals surface area (Å²) in [5, 5.41) is 4.23. The fourth-order valence-electron chi connectivity index (χ4n) is 4.81. The summed E-state index contributed by atoms with van der Waals surface area (Å²) in [6.07, 6.45) is 5.32. The van der Waals surface area contributed by atoms with Gasteiger partial charge < -0.3 is 9.42 Å². The fourth-order valence-corrected chi connectivity index (χ4v) is 4.81. The first kappa shape index (κ1) is 17.3. The predicted octanol–water partition coefficient (Wildman–Crippen LogP) is 4.05. The van der Waals surface area contributed by atoms with Gasteiger partial charge in [0.1, 0.15) is 0 Å². The number of likely N-dealkylation sites (tertiary alicyclic amines) is 1. The van der Waals surface area contributed by atoms with Crippen molar-refractivity contribution in [2.45, 2.75) is 51.4 Å². The first-order valence-electron chi connectivity index (χ1n) is 9.82. The van der Waals surface area contributed by atoms with Gasteiger partial charge in [0.15, 0.2) is 0 Å². The Morgan fingerprint density at radius 2 is 2.19 bits per heavy atom. The van der Waals surface area contributed by atoms with E-state index in [0.29, 0.717) is 11.7 Å². The van der Waals surface area contributed by atoms with E-state index in [0.717, 1.165) is 50.2 Å². The van der Waals surface area contributed by atoms with Gasteiger partial charge in [0.2, 0.25) is 17.6 Å². The van der Waals surface area contributed by atoms with Crippen LogP contribution in [0.2, 0.25) is 0 Å². The molecule has 0 unspecified atom stereocenters. The van der Waals surface area contributed by atoms with Crippen molar-refractivity contribution in [3.63, 3.8) is 0 Å². The van der Waals surface area contributed by atoms with Gasteiger partial charge in [-0.25, -0.2) is 0 Å². The molecule has 1 aliphatic heterocycles. The Bertz CT molecular complexity index is 773. The lowest BCUT2D eigenvalue weighted by Crippen LogP contribution is -2.37. The maximum absolute atomic E-state index is 12.8. The quantitative estimate of drug-likeness (QED) is 0.813. The number of nitrogens with zero attached hydrogens (tertiary/aromatic N) is 3. The Balaban J connectivity index is 1.59. The number of carbonyl (C=O) groups excluding carboxylic acids is 1. The summed E-state index contributed by atoms with van der Waals surface area (Å²) >= 11 is 0. The molecular formula is C21H27N3O2. The lowest BCUT2D eigenvalue weighted by Gasteiger charge is -2.25. The van der Waals surface area contributed by atoms with Crippen molar-refractivity contribution in [3.05, 3.63) is 36.2 Å². The summed E-state index contributed by atoms with van der Waals surface area (Å²) in [6.45, 7) is 5.73. The molecule has 2 heterocycles. The summed E-state index contributed by atoms with van der Waals surface area (Å²) in [5.74, 6) is 2.17. The SMILES string of the molecule is CCC[C@@H](C)C(=O)N1C[C@H]2CCC[C@@]2(c2nc(-c3ccccc3)no2)C1. The van der Waals surface area contributed by atoms with E-state index in [1.54, 1.807) is 0 Å². The van der Waals surface area contributed by atoms with Crippen LogP contribution in [0.3, 0.4) is 0 Å². The molecule has 0 spiro atoms. The van der Waals surface area contributed by atoms with Gasteiger partial charge in [0.05, 0.1) is 5.41 Å². The molecule has 138 valence electrons. The van der Waals surface area contributed by atoms with E-state index in [1.807, 2.05) is 37.3 Å². The molecule has 0 N–H and O–H groups in total. The van der Waals surface area contributed by atoms with Crippen LogP contribution in [0.15, 0.2) is 34.9 Å². The van der Waals surface area contributed by atoms with Crippen LogP contribution in [0.4, 0.5) is 0 Å². The molecule has 1 saturated carbocycles. The van der Waals surface area contributed by atoms with E-state index in [1.165, 1.54) is 6.42 Å². The average molecular weight is 353 g/mol. The van der Waals surface area contributed by atoms with Crippen molar-refractivity contribution in [1.29, 1.82) is 0 Å². The van der Waals surface area contributed by atoms with Crippen molar-refractivity contribution in [2.75, 3.05) is 13.1 Å². The van der Waals surface area contributed by atoms with Crippen LogP contribution in [-0.2, 0) is 10.2 Å². The summed E-state index contributed by atoms with van der Waals surface area (Å²) in [6, 6.07) is 9.93. The molecule has 3 atom stereocenters. The lowest BCUT2D eigenvalue weighted by molar-refractivity contribution is -0.134. The van der Waals surface area contributed by atoms with E-state index in [9.17, 15) is 4.79 Å². The molecule has 1 saturated heterocycles. The first-order chi connectivity index (χ1) is 12.6. The maximum atomic E-state index is 12.8. The Labute approximate surface area is 154 Å². The Kier molecular flexibility index (Phi) is 4.55. The van der Waals surface area contributed by atoms with Crippen LogP contribution in [0, 0.1) is 11.8 Å². The molecule has 0 radical (unpaired) electrons. The van der Waals surface area contributed by atoms with Gasteiger partial charge in [-0.2, -0.15) is 4.98 Å². The molecule has 5 heteroatoms. The molecule has 0 bridgehead atoms. The van der Waals surface area contributed by atoms with Gasteiger partial charge in [-0.15, -0.1) is 0 Å². The Morgan fingerprint density at radius 3 is 2.96 bits per heavy atom. The molecule has 1 amide bonds. The maximum Gasteiger partial charge on any atom is 0.235 e. The molecular weight excluding hydrogens is 326 g/mol. The number of rotatable bonds is 5. The van der Waals surface area contributed by atoms with Crippen LogP contribution in [-0.4, -0.2) is 34.0 Å². The second-order valence-electron chi connectivity index (χ2n) is 7.94. The predicted molar refractivity (Wildman–Crippen MR) is 99.4 cm³/mol. The third-order valence-electron chi connectivity index (χ3n) is 6.21. The van der Waals surface area contributed by atoms with Crippen LogP contribution in [0.25, 0.3) is 11.4 Å². The number of hydrogen-bond acceptors (Lipinski definition) is 4. The minimum Gasteiger partial charge on any atom is -0.341 e. The number of fused-ring (bicyclic) bond motifs is 1. The lowest BCUT2D eigenvalue weighted by atomic mass is 9.80. The number of benzene rings is 1. The minimum absolute atomic E-state index is 0.0958. The summed E-state index contributed by atoms with van der Waals surface area (Å²) < 4.78 is 5.74. The molecule has 1 aliphatic carbocycles. The smallest absolute Gasteiger partial charge is 0.235 e. The first-order valence-corrected chi connectivity index (χ1v) is 9.82. The minimum atomic E-state index is -0.151. The molecule has 2 aliphatic rings. The van der Waals surface area contributed by atoms with Gasteiger partial charge in [0.25, 0.3) is 0 Å². The van der Waals surface area contributed by atoms with E-state index in [2.05, 4.69) is 17.0 Å². The fraction of sp³-hybridized carbons (Fsp3) is 0.571. The second kappa shape index (κ2) is 6.86. The van der Waals surface area contributed by atoms with Crippen LogP contribution < -0.4 is 0 Å². The Morgan fingerprint density at radius 1 is 1.38 bits per heavy atom. The van der Waals surface area contributed by atoms with E-state index in [4.69, 9.17) is 9.51 Å². The third-order valence-corrected chi connectivity index (χ3v) is 6.21. The van der Waals surface area contributed by atoms with Gasteiger partial charge in [-0.3, -0.25) is 4.79 Å². The van der Waals surface area contributed by atoms with Gasteiger partial charge >= 0.3 is 0 Å². The number of aromatic nitrogens is 2. The molecule has 2 fully saturated rings. The van der Waals surface area contributed by atoms with Crippen LogP contribution >= 0.6 is 0 Å². The highest BCUT2D eigenvalue weighted by Gasteiger charge is 2.55. The molecule has 1 aromatic heterocycles. The number of hydrogen-bond donors (Lipinski definition) is 0.